The molecule has 0 saturated carbocycles. The average molecular weight is 608 g/mol. The Morgan fingerprint density at radius 2 is 1.04 bits per heavy atom. The zero-order valence-electron chi connectivity index (χ0n) is 24.6. The van der Waals surface area contributed by atoms with Gasteiger partial charge in [0.1, 0.15) is 5.01 Å². The van der Waals surface area contributed by atoms with Crippen LogP contribution in [0.15, 0.2) is 152 Å². The van der Waals surface area contributed by atoms with E-state index in [0.717, 1.165) is 60.1 Å². The van der Waals surface area contributed by atoms with E-state index in [1.807, 2.05) is 66.7 Å². The minimum atomic E-state index is 0.585. The van der Waals surface area contributed by atoms with Crippen molar-refractivity contribution in [1.29, 1.82) is 0 Å². The lowest BCUT2D eigenvalue weighted by atomic mass is 9.98. The number of hydrogen-bond acceptors (Lipinski definition) is 5. The number of rotatable bonds is 5. The van der Waals surface area contributed by atoms with Crippen LogP contribution in [0.5, 0.6) is 0 Å². The molecule has 0 bridgehead atoms. The zero-order chi connectivity index (χ0) is 30.5. The van der Waals surface area contributed by atoms with Gasteiger partial charge >= 0.3 is 0 Å². The number of thiazole rings is 1. The molecule has 5 nitrogen and oxygen atoms in total. The van der Waals surface area contributed by atoms with Crippen LogP contribution in [0.1, 0.15) is 0 Å². The highest BCUT2D eigenvalue weighted by Gasteiger charge is 2.19. The Labute approximate surface area is 269 Å². The molecule has 3 heterocycles. The Kier molecular flexibility index (Phi) is 6.25. The third-order valence-electron chi connectivity index (χ3n) is 8.32. The van der Waals surface area contributed by atoms with Gasteiger partial charge in [-0.3, -0.25) is 4.57 Å². The first-order chi connectivity index (χ1) is 22.8. The highest BCUT2D eigenvalue weighted by Crippen LogP contribution is 2.39. The van der Waals surface area contributed by atoms with Crippen molar-refractivity contribution in [1.82, 2.24) is 24.5 Å². The highest BCUT2D eigenvalue weighted by atomic mass is 32.1. The van der Waals surface area contributed by atoms with Gasteiger partial charge in [0.05, 0.1) is 21.3 Å². The summed E-state index contributed by atoms with van der Waals surface area (Å²) in [5.41, 5.74) is 8.40. The second kappa shape index (κ2) is 10.9. The summed E-state index contributed by atoms with van der Waals surface area (Å²) in [6, 6.07) is 52.2. The third kappa shape index (κ3) is 4.47. The van der Waals surface area contributed by atoms with Crippen molar-refractivity contribution in [2.75, 3.05) is 0 Å². The molecule has 0 N–H and O–H groups in total. The Morgan fingerprint density at radius 3 is 1.78 bits per heavy atom. The third-order valence-corrected chi connectivity index (χ3v) is 9.39. The Hall–Kier alpha value is -5.98. The number of benzene rings is 6. The minimum absolute atomic E-state index is 0.585. The van der Waals surface area contributed by atoms with Crippen LogP contribution < -0.4 is 0 Å². The smallest absolute Gasteiger partial charge is 0.238 e. The van der Waals surface area contributed by atoms with E-state index < -0.39 is 0 Å². The number of para-hydroxylation sites is 2. The van der Waals surface area contributed by atoms with Gasteiger partial charge < -0.3 is 0 Å². The molecule has 216 valence electrons. The van der Waals surface area contributed by atoms with Gasteiger partial charge in [-0.05, 0) is 41.5 Å². The normalized spacial score (nSPS) is 11.5. The molecule has 6 heteroatoms. The molecule has 9 aromatic rings. The van der Waals surface area contributed by atoms with Crippen molar-refractivity contribution in [3.8, 4) is 50.4 Å². The zero-order valence-corrected chi connectivity index (χ0v) is 25.4. The van der Waals surface area contributed by atoms with Crippen molar-refractivity contribution in [2.45, 2.75) is 0 Å². The minimum Gasteiger partial charge on any atom is -0.278 e. The Balaban J connectivity index is 1.26. The molecule has 0 unspecified atom stereocenters. The maximum atomic E-state index is 5.06. The van der Waals surface area contributed by atoms with E-state index in [1.165, 1.54) is 4.70 Å². The lowest BCUT2D eigenvalue weighted by Gasteiger charge is -2.11. The van der Waals surface area contributed by atoms with Crippen LogP contribution in [0.2, 0.25) is 0 Å². The van der Waals surface area contributed by atoms with Gasteiger partial charge in [0.2, 0.25) is 5.95 Å². The second-order valence-corrected chi connectivity index (χ2v) is 12.2. The van der Waals surface area contributed by atoms with Crippen LogP contribution in [-0.4, -0.2) is 24.5 Å². The fourth-order valence-electron chi connectivity index (χ4n) is 6.16. The predicted molar refractivity (Wildman–Crippen MR) is 189 cm³/mol. The maximum absolute atomic E-state index is 5.06. The maximum Gasteiger partial charge on any atom is 0.238 e. The quantitative estimate of drug-likeness (QED) is 0.195. The molecule has 0 atom stereocenters. The Bertz CT molecular complexity index is 2440. The van der Waals surface area contributed by atoms with Crippen LogP contribution in [0.4, 0.5) is 0 Å². The molecule has 0 aliphatic carbocycles. The van der Waals surface area contributed by atoms with Crippen molar-refractivity contribution >= 4 is 43.4 Å². The molecular weight excluding hydrogens is 583 g/mol. The van der Waals surface area contributed by atoms with E-state index in [0.29, 0.717) is 17.6 Å². The predicted octanol–water partition coefficient (Wildman–Crippen LogP) is 10.2. The standard InChI is InChI=1S/C40H25N5S/c1-3-13-26(14-4-1)37-42-38(27-15-5-2-6-16-27)44-40(43-37)45-34-21-11-9-18-30(34)32-25-28(23-24-35(32)45)29-17-7-8-19-31(29)39-41-33-20-10-12-22-36(33)46-39/h1-25H. The fraction of sp³-hybridized carbons (Fsp3) is 0. The largest absolute Gasteiger partial charge is 0.278 e. The molecule has 0 spiro atoms. The van der Waals surface area contributed by atoms with E-state index in [4.69, 9.17) is 19.9 Å². The molecule has 0 amide bonds. The van der Waals surface area contributed by atoms with Crippen LogP contribution in [0.3, 0.4) is 0 Å². The summed E-state index contributed by atoms with van der Waals surface area (Å²) in [5.74, 6) is 1.86. The molecule has 0 aliphatic rings. The lowest BCUT2D eigenvalue weighted by molar-refractivity contribution is 0.953. The number of fused-ring (bicyclic) bond motifs is 4. The molecule has 0 fully saturated rings. The first kappa shape index (κ1) is 26.4. The van der Waals surface area contributed by atoms with Crippen molar-refractivity contribution in [3.05, 3.63) is 152 Å². The molecule has 9 rings (SSSR count). The SMILES string of the molecule is c1ccc(-c2nc(-c3ccccc3)nc(-n3c4ccccc4c4cc(-c5ccccc5-c5nc6ccccc6s5)ccc43)n2)cc1. The number of nitrogens with zero attached hydrogens (tertiary/aromatic N) is 5. The summed E-state index contributed by atoms with van der Waals surface area (Å²) in [6.07, 6.45) is 0. The van der Waals surface area contributed by atoms with Gasteiger partial charge in [0.25, 0.3) is 0 Å². The van der Waals surface area contributed by atoms with E-state index in [1.54, 1.807) is 11.3 Å². The summed E-state index contributed by atoms with van der Waals surface area (Å²) in [7, 11) is 0. The summed E-state index contributed by atoms with van der Waals surface area (Å²) >= 11 is 1.73. The highest BCUT2D eigenvalue weighted by molar-refractivity contribution is 7.21. The first-order valence-electron chi connectivity index (χ1n) is 15.2. The van der Waals surface area contributed by atoms with Crippen molar-refractivity contribution in [2.24, 2.45) is 0 Å². The van der Waals surface area contributed by atoms with Gasteiger partial charge in [-0.2, -0.15) is 9.97 Å². The monoisotopic (exact) mass is 607 g/mol. The van der Waals surface area contributed by atoms with Crippen LogP contribution in [0, 0.1) is 0 Å². The van der Waals surface area contributed by atoms with Crippen LogP contribution in [-0.2, 0) is 0 Å². The topological polar surface area (TPSA) is 56.5 Å². The van der Waals surface area contributed by atoms with E-state index >= 15 is 0 Å². The van der Waals surface area contributed by atoms with Gasteiger partial charge in [-0.1, -0.05) is 121 Å². The summed E-state index contributed by atoms with van der Waals surface area (Å²) in [4.78, 5) is 20.0. The van der Waals surface area contributed by atoms with E-state index in [-0.39, 0.29) is 0 Å². The number of aromatic nitrogens is 5. The molecular formula is C40H25N5S. The first-order valence-corrected chi connectivity index (χ1v) is 16.0. The van der Waals surface area contributed by atoms with Crippen LogP contribution >= 0.6 is 11.3 Å². The lowest BCUT2D eigenvalue weighted by Crippen LogP contribution is -2.06. The summed E-state index contributed by atoms with van der Waals surface area (Å²) in [5, 5.41) is 3.29. The number of hydrogen-bond donors (Lipinski definition) is 0. The van der Waals surface area contributed by atoms with Gasteiger partial charge in [0, 0.05) is 27.5 Å². The van der Waals surface area contributed by atoms with E-state index in [9.17, 15) is 0 Å². The van der Waals surface area contributed by atoms with Gasteiger partial charge in [0.15, 0.2) is 11.6 Å². The fourth-order valence-corrected chi connectivity index (χ4v) is 7.17. The van der Waals surface area contributed by atoms with Gasteiger partial charge in [-0.15, -0.1) is 11.3 Å². The molecule has 0 aliphatic heterocycles. The van der Waals surface area contributed by atoms with Crippen molar-refractivity contribution in [3.63, 3.8) is 0 Å². The average Bonchev–Trinajstić information content (AvgIpc) is 3.71. The van der Waals surface area contributed by atoms with Gasteiger partial charge in [-0.25, -0.2) is 9.97 Å². The Morgan fingerprint density at radius 1 is 0.435 bits per heavy atom. The van der Waals surface area contributed by atoms with Crippen LogP contribution in [0.25, 0.3) is 82.4 Å². The molecule has 6 aromatic carbocycles. The van der Waals surface area contributed by atoms with Crippen molar-refractivity contribution < 1.29 is 0 Å². The molecule has 0 saturated heterocycles. The second-order valence-electron chi connectivity index (χ2n) is 11.1. The van der Waals surface area contributed by atoms with E-state index in [2.05, 4.69) is 89.5 Å². The summed E-state index contributed by atoms with van der Waals surface area (Å²) < 4.78 is 3.35. The molecule has 0 radical (unpaired) electrons. The molecule has 3 aromatic heterocycles. The summed E-state index contributed by atoms with van der Waals surface area (Å²) in [6.45, 7) is 0. The molecule has 46 heavy (non-hydrogen) atoms.